The number of likely N-dealkylation sites (N-methyl/N-ethyl adjacent to an activating group) is 1. The SMILES string of the molecule is CCN1CCN(CCCCCCOc2ccccc2-c2ccccc2)CC1. The molecule has 0 bridgehead atoms. The number of ether oxygens (including phenoxy) is 1. The van der Waals surface area contributed by atoms with Gasteiger partial charge in [0.25, 0.3) is 0 Å². The van der Waals surface area contributed by atoms with E-state index in [2.05, 4.69) is 71.3 Å². The molecule has 0 spiro atoms. The van der Waals surface area contributed by atoms with Crippen LogP contribution >= 0.6 is 0 Å². The Morgan fingerprint density at radius 3 is 2.19 bits per heavy atom. The summed E-state index contributed by atoms with van der Waals surface area (Å²) in [5, 5.41) is 0. The number of para-hydroxylation sites is 1. The Morgan fingerprint density at radius 1 is 0.741 bits per heavy atom. The summed E-state index contributed by atoms with van der Waals surface area (Å²) in [5.74, 6) is 0.998. The molecule has 0 N–H and O–H groups in total. The van der Waals surface area contributed by atoms with Gasteiger partial charge in [-0.25, -0.2) is 0 Å². The molecule has 1 saturated heterocycles. The smallest absolute Gasteiger partial charge is 0.127 e. The predicted molar refractivity (Wildman–Crippen MR) is 114 cm³/mol. The van der Waals surface area contributed by atoms with Crippen molar-refractivity contribution in [2.75, 3.05) is 45.9 Å². The number of unbranched alkanes of at least 4 members (excludes halogenated alkanes) is 3. The lowest BCUT2D eigenvalue weighted by atomic mass is 10.1. The maximum atomic E-state index is 6.10. The number of rotatable bonds is 10. The molecule has 0 unspecified atom stereocenters. The molecule has 0 aliphatic carbocycles. The largest absolute Gasteiger partial charge is 0.493 e. The molecular formula is C24H34N2O. The number of benzene rings is 2. The van der Waals surface area contributed by atoms with Crippen molar-refractivity contribution in [1.29, 1.82) is 0 Å². The second-order valence-corrected chi connectivity index (χ2v) is 7.40. The van der Waals surface area contributed by atoms with Crippen LogP contribution in [0.25, 0.3) is 11.1 Å². The molecule has 1 aliphatic heterocycles. The second-order valence-electron chi connectivity index (χ2n) is 7.40. The molecule has 3 nitrogen and oxygen atoms in total. The zero-order chi connectivity index (χ0) is 18.7. The minimum atomic E-state index is 0.805. The van der Waals surface area contributed by atoms with Gasteiger partial charge in [0.05, 0.1) is 6.61 Å². The van der Waals surface area contributed by atoms with Crippen molar-refractivity contribution in [3.63, 3.8) is 0 Å². The van der Waals surface area contributed by atoms with E-state index in [0.29, 0.717) is 0 Å². The monoisotopic (exact) mass is 366 g/mol. The van der Waals surface area contributed by atoms with Crippen LogP contribution < -0.4 is 4.74 Å². The molecule has 0 atom stereocenters. The highest BCUT2D eigenvalue weighted by Crippen LogP contribution is 2.29. The van der Waals surface area contributed by atoms with Crippen LogP contribution in [0.3, 0.4) is 0 Å². The Bertz CT molecular complexity index is 650. The zero-order valence-corrected chi connectivity index (χ0v) is 16.8. The number of hydrogen-bond donors (Lipinski definition) is 0. The quantitative estimate of drug-likeness (QED) is 0.555. The van der Waals surface area contributed by atoms with Gasteiger partial charge >= 0.3 is 0 Å². The van der Waals surface area contributed by atoms with Crippen LogP contribution in [0.2, 0.25) is 0 Å². The first-order valence-corrected chi connectivity index (χ1v) is 10.6. The molecule has 0 radical (unpaired) electrons. The van der Waals surface area contributed by atoms with Crippen molar-refractivity contribution in [2.45, 2.75) is 32.6 Å². The van der Waals surface area contributed by atoms with Gasteiger partial charge in [-0.2, -0.15) is 0 Å². The highest BCUT2D eigenvalue weighted by Gasteiger charge is 2.14. The standard InChI is InChI=1S/C24H34N2O/c1-2-25-17-19-26(20-18-25)16-10-3-4-11-21-27-24-15-9-8-14-23(24)22-12-6-5-7-13-22/h5-9,12-15H,2-4,10-11,16-21H2,1H3. The summed E-state index contributed by atoms with van der Waals surface area (Å²) in [5.41, 5.74) is 2.40. The summed E-state index contributed by atoms with van der Waals surface area (Å²) in [7, 11) is 0. The molecule has 3 rings (SSSR count). The van der Waals surface area contributed by atoms with Gasteiger partial charge in [0, 0.05) is 31.7 Å². The molecular weight excluding hydrogens is 332 g/mol. The minimum absolute atomic E-state index is 0.805. The molecule has 1 heterocycles. The van der Waals surface area contributed by atoms with E-state index in [9.17, 15) is 0 Å². The molecule has 1 fully saturated rings. The van der Waals surface area contributed by atoms with Crippen LogP contribution in [0.15, 0.2) is 54.6 Å². The van der Waals surface area contributed by atoms with Crippen LogP contribution in [0.4, 0.5) is 0 Å². The van der Waals surface area contributed by atoms with Crippen molar-refractivity contribution in [3.8, 4) is 16.9 Å². The van der Waals surface area contributed by atoms with Crippen molar-refractivity contribution in [1.82, 2.24) is 9.80 Å². The normalized spacial score (nSPS) is 15.7. The lowest BCUT2D eigenvalue weighted by molar-refractivity contribution is 0.135. The van der Waals surface area contributed by atoms with Crippen LogP contribution in [0.1, 0.15) is 32.6 Å². The van der Waals surface area contributed by atoms with Gasteiger partial charge in [-0.3, -0.25) is 0 Å². The van der Waals surface area contributed by atoms with Crippen molar-refractivity contribution in [3.05, 3.63) is 54.6 Å². The van der Waals surface area contributed by atoms with E-state index in [-0.39, 0.29) is 0 Å². The predicted octanol–water partition coefficient (Wildman–Crippen LogP) is 4.93. The van der Waals surface area contributed by atoms with E-state index in [1.807, 2.05) is 0 Å². The van der Waals surface area contributed by atoms with Crippen LogP contribution in [-0.4, -0.2) is 55.7 Å². The molecule has 2 aromatic carbocycles. The first-order chi connectivity index (χ1) is 13.4. The number of hydrogen-bond acceptors (Lipinski definition) is 3. The molecule has 3 heteroatoms. The molecule has 2 aromatic rings. The molecule has 0 amide bonds. The third kappa shape index (κ3) is 6.37. The van der Waals surface area contributed by atoms with Gasteiger partial charge in [-0.15, -0.1) is 0 Å². The average Bonchev–Trinajstić information content (AvgIpc) is 2.74. The Hall–Kier alpha value is -1.84. The zero-order valence-electron chi connectivity index (χ0n) is 16.8. The first kappa shape index (κ1) is 19.9. The number of piperazine rings is 1. The van der Waals surface area contributed by atoms with E-state index in [4.69, 9.17) is 4.74 Å². The fourth-order valence-corrected chi connectivity index (χ4v) is 3.75. The Kier molecular flexibility index (Phi) is 8.19. The van der Waals surface area contributed by atoms with E-state index in [1.165, 1.54) is 69.7 Å². The van der Waals surface area contributed by atoms with E-state index in [0.717, 1.165) is 18.8 Å². The van der Waals surface area contributed by atoms with Gasteiger partial charge < -0.3 is 14.5 Å². The highest BCUT2D eigenvalue weighted by atomic mass is 16.5. The maximum absolute atomic E-state index is 6.10. The molecule has 0 aromatic heterocycles. The first-order valence-electron chi connectivity index (χ1n) is 10.6. The third-order valence-electron chi connectivity index (χ3n) is 5.51. The van der Waals surface area contributed by atoms with E-state index >= 15 is 0 Å². The lowest BCUT2D eigenvalue weighted by Gasteiger charge is -2.33. The fourth-order valence-electron chi connectivity index (χ4n) is 3.75. The summed E-state index contributed by atoms with van der Waals surface area (Å²) in [6.07, 6.45) is 5.00. The van der Waals surface area contributed by atoms with Crippen LogP contribution in [0, 0.1) is 0 Å². The van der Waals surface area contributed by atoms with Crippen molar-refractivity contribution >= 4 is 0 Å². The van der Waals surface area contributed by atoms with Gasteiger partial charge in [-0.1, -0.05) is 68.3 Å². The molecule has 27 heavy (non-hydrogen) atoms. The molecule has 146 valence electrons. The highest BCUT2D eigenvalue weighted by molar-refractivity contribution is 5.70. The van der Waals surface area contributed by atoms with Gasteiger partial charge in [0.2, 0.25) is 0 Å². The Labute approximate surface area is 164 Å². The van der Waals surface area contributed by atoms with E-state index in [1.54, 1.807) is 0 Å². The summed E-state index contributed by atoms with van der Waals surface area (Å²) >= 11 is 0. The van der Waals surface area contributed by atoms with Gasteiger partial charge in [-0.05, 0) is 37.6 Å². The summed E-state index contributed by atoms with van der Waals surface area (Å²) < 4.78 is 6.10. The van der Waals surface area contributed by atoms with Crippen molar-refractivity contribution in [2.24, 2.45) is 0 Å². The summed E-state index contributed by atoms with van der Waals surface area (Å²) in [4.78, 5) is 5.17. The molecule has 1 aliphatic rings. The fraction of sp³-hybridized carbons (Fsp3) is 0.500. The van der Waals surface area contributed by atoms with E-state index < -0.39 is 0 Å². The number of nitrogens with zero attached hydrogens (tertiary/aromatic N) is 2. The lowest BCUT2D eigenvalue weighted by Crippen LogP contribution is -2.46. The van der Waals surface area contributed by atoms with Crippen molar-refractivity contribution < 1.29 is 4.74 Å². The Balaban J connectivity index is 1.31. The Morgan fingerprint density at radius 2 is 1.41 bits per heavy atom. The molecule has 0 saturated carbocycles. The second kappa shape index (κ2) is 11.1. The van der Waals surface area contributed by atoms with Gasteiger partial charge in [0.1, 0.15) is 5.75 Å². The van der Waals surface area contributed by atoms with Gasteiger partial charge in [0.15, 0.2) is 0 Å². The third-order valence-corrected chi connectivity index (χ3v) is 5.51. The minimum Gasteiger partial charge on any atom is -0.493 e. The average molecular weight is 367 g/mol. The van der Waals surface area contributed by atoms with Crippen LogP contribution in [0.5, 0.6) is 5.75 Å². The maximum Gasteiger partial charge on any atom is 0.127 e. The topological polar surface area (TPSA) is 15.7 Å². The van der Waals surface area contributed by atoms with Crippen LogP contribution in [-0.2, 0) is 0 Å². The summed E-state index contributed by atoms with van der Waals surface area (Å²) in [6, 6.07) is 18.8. The summed E-state index contributed by atoms with van der Waals surface area (Å²) in [6.45, 7) is 10.5.